The summed E-state index contributed by atoms with van der Waals surface area (Å²) in [5, 5.41) is 2.91. The van der Waals surface area contributed by atoms with Crippen LogP contribution in [0.2, 0.25) is 0 Å². The van der Waals surface area contributed by atoms with Crippen LogP contribution in [0.25, 0.3) is 0 Å². The second kappa shape index (κ2) is 6.49. The summed E-state index contributed by atoms with van der Waals surface area (Å²) >= 11 is 0. The first-order chi connectivity index (χ1) is 11.1. The number of nitrogens with one attached hydrogen (secondary N) is 1. The smallest absolute Gasteiger partial charge is 0.325 e. The highest BCUT2D eigenvalue weighted by Crippen LogP contribution is 2.33. The normalized spacial score (nSPS) is 26.1. The first-order valence-electron chi connectivity index (χ1n) is 9.00. The van der Waals surface area contributed by atoms with Gasteiger partial charge >= 0.3 is 6.03 Å². The topological polar surface area (TPSA) is 69.7 Å². The third-order valence-corrected chi connectivity index (χ3v) is 5.56. The molecule has 0 aromatic carbocycles. The van der Waals surface area contributed by atoms with E-state index in [-0.39, 0.29) is 11.8 Å². The molecule has 128 valence electrons. The lowest BCUT2D eigenvalue weighted by atomic mass is 9.90. The summed E-state index contributed by atoms with van der Waals surface area (Å²) in [6.07, 6.45) is 8.65. The van der Waals surface area contributed by atoms with Crippen LogP contribution in [0.4, 0.5) is 4.79 Å². The van der Waals surface area contributed by atoms with E-state index >= 15 is 0 Å². The number of imide groups is 1. The van der Waals surface area contributed by atoms with E-state index in [4.69, 9.17) is 0 Å². The minimum absolute atomic E-state index is 0.0983. The van der Waals surface area contributed by atoms with Crippen LogP contribution >= 0.6 is 0 Å². The molecule has 2 saturated heterocycles. The average Bonchev–Trinajstić information content (AvgIpc) is 2.73. The minimum Gasteiger partial charge on any atom is -0.341 e. The van der Waals surface area contributed by atoms with Gasteiger partial charge in [0.2, 0.25) is 5.91 Å². The first kappa shape index (κ1) is 16.3. The van der Waals surface area contributed by atoms with Gasteiger partial charge in [0.25, 0.3) is 5.91 Å². The number of carbonyl (C=O) groups is 3. The van der Waals surface area contributed by atoms with Gasteiger partial charge in [-0.3, -0.25) is 9.59 Å². The lowest BCUT2D eigenvalue weighted by Gasteiger charge is -2.32. The molecule has 6 heteroatoms. The molecule has 3 aliphatic rings. The third kappa shape index (κ3) is 2.95. The summed E-state index contributed by atoms with van der Waals surface area (Å²) in [5.74, 6) is -0.291. The second-order valence-electron chi connectivity index (χ2n) is 7.16. The molecule has 1 atom stereocenters. The molecule has 0 radical (unpaired) electrons. The van der Waals surface area contributed by atoms with Gasteiger partial charge in [-0.15, -0.1) is 0 Å². The van der Waals surface area contributed by atoms with Crippen molar-refractivity contribution in [1.82, 2.24) is 15.1 Å². The molecule has 2 heterocycles. The Balaban J connectivity index is 1.75. The van der Waals surface area contributed by atoms with Gasteiger partial charge in [0.15, 0.2) is 0 Å². The van der Waals surface area contributed by atoms with Crippen LogP contribution in [0, 0.1) is 0 Å². The Bertz CT molecular complexity index is 491. The fraction of sp³-hybridized carbons (Fsp3) is 0.824. The van der Waals surface area contributed by atoms with Crippen LogP contribution in [0.15, 0.2) is 0 Å². The fourth-order valence-corrected chi connectivity index (χ4v) is 4.15. The van der Waals surface area contributed by atoms with Crippen molar-refractivity contribution in [1.29, 1.82) is 0 Å². The van der Waals surface area contributed by atoms with E-state index in [1.165, 1.54) is 4.90 Å². The van der Waals surface area contributed by atoms with Crippen molar-refractivity contribution in [3.8, 4) is 0 Å². The predicted molar refractivity (Wildman–Crippen MR) is 85.7 cm³/mol. The summed E-state index contributed by atoms with van der Waals surface area (Å²) < 4.78 is 0. The molecule has 0 unspecified atom stereocenters. The molecule has 0 aromatic heterocycles. The van der Waals surface area contributed by atoms with E-state index < -0.39 is 17.6 Å². The molecule has 1 saturated carbocycles. The van der Waals surface area contributed by atoms with Gasteiger partial charge in [-0.1, -0.05) is 25.7 Å². The number of urea groups is 1. The molecule has 4 amide bonds. The first-order valence-corrected chi connectivity index (χ1v) is 9.00. The Labute approximate surface area is 137 Å². The molecule has 0 aromatic rings. The number of piperidine rings is 1. The zero-order valence-electron chi connectivity index (χ0n) is 14.0. The minimum atomic E-state index is -0.760. The van der Waals surface area contributed by atoms with Crippen molar-refractivity contribution in [2.24, 2.45) is 0 Å². The van der Waals surface area contributed by atoms with Crippen LogP contribution in [-0.2, 0) is 9.59 Å². The zero-order chi connectivity index (χ0) is 16.4. The highest BCUT2D eigenvalue weighted by Gasteiger charge is 2.53. The van der Waals surface area contributed by atoms with E-state index in [1.54, 1.807) is 11.8 Å². The highest BCUT2D eigenvalue weighted by atomic mass is 16.2. The van der Waals surface area contributed by atoms with Gasteiger partial charge in [-0.05, 0) is 39.0 Å². The number of carbonyl (C=O) groups excluding carboxylic acids is 3. The van der Waals surface area contributed by atoms with Crippen molar-refractivity contribution in [2.75, 3.05) is 13.1 Å². The number of likely N-dealkylation sites (tertiary alicyclic amines) is 1. The molecule has 3 rings (SSSR count). The Morgan fingerprint density at radius 2 is 1.57 bits per heavy atom. The molecule has 3 fully saturated rings. The molecule has 1 aliphatic carbocycles. The van der Waals surface area contributed by atoms with Crippen LogP contribution < -0.4 is 5.32 Å². The van der Waals surface area contributed by atoms with Crippen molar-refractivity contribution >= 4 is 17.8 Å². The van der Waals surface area contributed by atoms with Gasteiger partial charge in [0.05, 0.1) is 0 Å². The van der Waals surface area contributed by atoms with E-state index in [0.717, 1.165) is 58.0 Å². The van der Waals surface area contributed by atoms with Crippen LogP contribution in [-0.4, -0.2) is 52.3 Å². The second-order valence-corrected chi connectivity index (χ2v) is 7.16. The predicted octanol–water partition coefficient (Wildman–Crippen LogP) is 2.03. The van der Waals surface area contributed by atoms with E-state index in [1.807, 2.05) is 0 Å². The molecule has 23 heavy (non-hydrogen) atoms. The summed E-state index contributed by atoms with van der Waals surface area (Å²) in [6, 6.07) is -1.10. The quantitative estimate of drug-likeness (QED) is 0.791. The molecular formula is C17H27N3O3. The maximum absolute atomic E-state index is 12.9. The van der Waals surface area contributed by atoms with Crippen molar-refractivity contribution in [3.63, 3.8) is 0 Å². The van der Waals surface area contributed by atoms with Gasteiger partial charge in [-0.25, -0.2) is 9.69 Å². The van der Waals surface area contributed by atoms with Crippen molar-refractivity contribution < 1.29 is 14.4 Å². The van der Waals surface area contributed by atoms with Gasteiger partial charge < -0.3 is 10.2 Å². The monoisotopic (exact) mass is 321 g/mol. The highest BCUT2D eigenvalue weighted by molar-refractivity contribution is 6.09. The lowest BCUT2D eigenvalue weighted by Crippen LogP contribution is -2.52. The zero-order valence-corrected chi connectivity index (χ0v) is 14.0. The number of hydrogen-bond donors (Lipinski definition) is 1. The average molecular weight is 321 g/mol. The van der Waals surface area contributed by atoms with Gasteiger partial charge in [0, 0.05) is 13.1 Å². The molecule has 0 bridgehead atoms. The number of amides is 4. The molecular weight excluding hydrogens is 294 g/mol. The maximum atomic E-state index is 12.9. The summed E-state index contributed by atoms with van der Waals surface area (Å²) in [6.45, 7) is 3.15. The summed E-state index contributed by atoms with van der Waals surface area (Å²) in [4.78, 5) is 41.0. The molecule has 6 nitrogen and oxygen atoms in total. The molecule has 2 aliphatic heterocycles. The lowest BCUT2D eigenvalue weighted by molar-refractivity contribution is -0.143. The van der Waals surface area contributed by atoms with E-state index in [2.05, 4.69) is 5.32 Å². The Kier molecular flexibility index (Phi) is 4.60. The van der Waals surface area contributed by atoms with Crippen LogP contribution in [0.5, 0.6) is 0 Å². The van der Waals surface area contributed by atoms with Gasteiger partial charge in [-0.2, -0.15) is 0 Å². The fourth-order valence-electron chi connectivity index (χ4n) is 4.15. The van der Waals surface area contributed by atoms with Crippen LogP contribution in [0.3, 0.4) is 0 Å². The SMILES string of the molecule is C[C@@H](C(=O)N1CCCCC1)N1C(=O)NC2(CCCCCC2)C1=O. The Morgan fingerprint density at radius 3 is 2.17 bits per heavy atom. The number of rotatable bonds is 2. The van der Waals surface area contributed by atoms with Crippen molar-refractivity contribution in [2.45, 2.75) is 76.3 Å². The summed E-state index contributed by atoms with van der Waals surface area (Å²) in [7, 11) is 0. The van der Waals surface area contributed by atoms with Crippen LogP contribution in [0.1, 0.15) is 64.7 Å². The number of nitrogens with zero attached hydrogens (tertiary/aromatic N) is 2. The molecule has 1 spiro atoms. The van der Waals surface area contributed by atoms with Crippen molar-refractivity contribution in [3.05, 3.63) is 0 Å². The largest absolute Gasteiger partial charge is 0.341 e. The Morgan fingerprint density at radius 1 is 1.00 bits per heavy atom. The van der Waals surface area contributed by atoms with E-state index in [0.29, 0.717) is 12.8 Å². The van der Waals surface area contributed by atoms with E-state index in [9.17, 15) is 14.4 Å². The standard InChI is InChI=1S/C17H27N3O3/c1-13(14(21)19-11-7-4-8-12-19)20-15(22)17(18-16(20)23)9-5-2-3-6-10-17/h13H,2-12H2,1H3,(H,18,23)/t13-/m0/s1. The third-order valence-electron chi connectivity index (χ3n) is 5.56. The molecule has 1 N–H and O–H groups in total. The number of hydrogen-bond acceptors (Lipinski definition) is 3. The maximum Gasteiger partial charge on any atom is 0.325 e. The Hall–Kier alpha value is -1.59. The summed E-state index contributed by atoms with van der Waals surface area (Å²) in [5.41, 5.74) is -0.760. The van der Waals surface area contributed by atoms with Gasteiger partial charge in [0.1, 0.15) is 11.6 Å².